The van der Waals surface area contributed by atoms with E-state index >= 15 is 0 Å². The lowest BCUT2D eigenvalue weighted by molar-refractivity contribution is 0.503. The van der Waals surface area contributed by atoms with Crippen molar-refractivity contribution in [1.29, 1.82) is 0 Å². The number of allylic oxidation sites excluding steroid dienone is 5. The summed E-state index contributed by atoms with van der Waals surface area (Å²) in [6.45, 7) is 5.86. The Morgan fingerprint density at radius 2 is 1.53 bits per heavy atom. The molecule has 0 bridgehead atoms. The van der Waals surface area contributed by atoms with Crippen LogP contribution < -0.4 is 0 Å². The first-order valence-electron chi connectivity index (χ1n) is 11.9. The zero-order valence-corrected chi connectivity index (χ0v) is 19.5. The lowest BCUT2D eigenvalue weighted by Gasteiger charge is -2.19. The van der Waals surface area contributed by atoms with Crippen LogP contribution >= 0.6 is 0 Å². The maximum absolute atomic E-state index is 15.0. The molecule has 0 amide bonds. The second-order valence-electron chi connectivity index (χ2n) is 8.76. The highest BCUT2D eigenvalue weighted by Gasteiger charge is 2.16. The Kier molecular flexibility index (Phi) is 7.52. The van der Waals surface area contributed by atoms with Gasteiger partial charge >= 0.3 is 0 Å². The highest BCUT2D eigenvalue weighted by Crippen LogP contribution is 2.34. The van der Waals surface area contributed by atoms with E-state index in [2.05, 4.69) is 12.7 Å². The van der Waals surface area contributed by atoms with E-state index in [1.807, 2.05) is 31.2 Å². The molecule has 3 aromatic carbocycles. The maximum Gasteiger partial charge on any atom is 0.166 e. The standard InChI is InChI=1S/C31H29F3/c1-3-5-6-7-25-16-19-28(31(34)30(25)33)24-14-12-23(13-15-24)27-18-17-26(20-29(27)32)22-10-8-21(4-2)9-11-22/h4-6,10,12-21H,2-3,7-9,11H2,1H3/b6-5-. The normalized spacial score (nSPS) is 16.0. The fourth-order valence-electron chi connectivity index (χ4n) is 4.46. The van der Waals surface area contributed by atoms with Crippen molar-refractivity contribution >= 4 is 5.57 Å². The molecule has 0 heterocycles. The average Bonchev–Trinajstić information content (AvgIpc) is 2.87. The van der Waals surface area contributed by atoms with E-state index in [0.29, 0.717) is 34.6 Å². The fraction of sp³-hybridized carbons (Fsp3) is 0.226. The zero-order chi connectivity index (χ0) is 24.1. The molecule has 0 fully saturated rings. The van der Waals surface area contributed by atoms with Gasteiger partial charge in [0.05, 0.1) is 0 Å². The molecule has 174 valence electrons. The Labute approximate surface area is 200 Å². The van der Waals surface area contributed by atoms with Crippen molar-refractivity contribution in [2.75, 3.05) is 0 Å². The molecular weight excluding hydrogens is 429 g/mol. The van der Waals surface area contributed by atoms with Gasteiger partial charge in [0.15, 0.2) is 11.6 Å². The van der Waals surface area contributed by atoms with Gasteiger partial charge in [-0.15, -0.1) is 6.58 Å². The van der Waals surface area contributed by atoms with E-state index in [-0.39, 0.29) is 11.4 Å². The number of hydrogen-bond donors (Lipinski definition) is 0. The van der Waals surface area contributed by atoms with Crippen molar-refractivity contribution in [2.24, 2.45) is 5.92 Å². The van der Waals surface area contributed by atoms with E-state index in [1.54, 1.807) is 48.5 Å². The Hall–Kier alpha value is -3.33. The molecule has 1 unspecified atom stereocenters. The van der Waals surface area contributed by atoms with Gasteiger partial charge in [0.2, 0.25) is 0 Å². The highest BCUT2D eigenvalue weighted by atomic mass is 19.2. The molecule has 1 aliphatic carbocycles. The zero-order valence-electron chi connectivity index (χ0n) is 19.5. The van der Waals surface area contributed by atoms with Crippen molar-refractivity contribution in [3.63, 3.8) is 0 Å². The van der Waals surface area contributed by atoms with Gasteiger partial charge in [0, 0.05) is 11.1 Å². The van der Waals surface area contributed by atoms with Crippen LogP contribution in [0.25, 0.3) is 27.8 Å². The van der Waals surface area contributed by atoms with Crippen LogP contribution in [0.2, 0.25) is 0 Å². The molecule has 0 N–H and O–H groups in total. The first-order valence-corrected chi connectivity index (χ1v) is 11.9. The second-order valence-corrected chi connectivity index (χ2v) is 8.76. The SMILES string of the molecule is C=CC1CC=C(c2ccc(-c3ccc(-c4ccc(C/C=C\CC)c(F)c4F)cc3)c(F)c2)CC1. The predicted octanol–water partition coefficient (Wildman–Crippen LogP) is 9.32. The summed E-state index contributed by atoms with van der Waals surface area (Å²) >= 11 is 0. The van der Waals surface area contributed by atoms with E-state index < -0.39 is 11.6 Å². The second kappa shape index (κ2) is 10.7. The minimum atomic E-state index is -0.856. The van der Waals surface area contributed by atoms with Gasteiger partial charge in [-0.25, -0.2) is 13.2 Å². The summed E-state index contributed by atoms with van der Waals surface area (Å²) in [7, 11) is 0. The topological polar surface area (TPSA) is 0 Å². The average molecular weight is 459 g/mol. The van der Waals surface area contributed by atoms with Gasteiger partial charge in [0.1, 0.15) is 5.82 Å². The summed E-state index contributed by atoms with van der Waals surface area (Å²) in [6.07, 6.45) is 12.0. The molecule has 4 rings (SSSR count). The molecule has 0 spiro atoms. The highest BCUT2D eigenvalue weighted by molar-refractivity contribution is 5.74. The molecule has 0 radical (unpaired) electrons. The summed E-state index contributed by atoms with van der Waals surface area (Å²) in [5.74, 6) is -1.47. The molecule has 3 aromatic rings. The van der Waals surface area contributed by atoms with Gasteiger partial charge in [0.25, 0.3) is 0 Å². The summed E-state index contributed by atoms with van der Waals surface area (Å²) in [5.41, 5.74) is 4.34. The maximum atomic E-state index is 15.0. The summed E-state index contributed by atoms with van der Waals surface area (Å²) < 4.78 is 44.3. The third-order valence-corrected chi connectivity index (χ3v) is 6.53. The molecule has 0 aromatic heterocycles. The Balaban J connectivity index is 1.55. The smallest absolute Gasteiger partial charge is 0.166 e. The van der Waals surface area contributed by atoms with Crippen LogP contribution in [0.5, 0.6) is 0 Å². The van der Waals surface area contributed by atoms with Crippen molar-refractivity contribution in [2.45, 2.75) is 39.0 Å². The molecule has 0 saturated carbocycles. The molecule has 1 aliphatic rings. The third-order valence-electron chi connectivity index (χ3n) is 6.53. The first kappa shape index (κ1) is 23.8. The van der Waals surface area contributed by atoms with Gasteiger partial charge in [-0.2, -0.15) is 0 Å². The van der Waals surface area contributed by atoms with Gasteiger partial charge in [-0.3, -0.25) is 0 Å². The van der Waals surface area contributed by atoms with Gasteiger partial charge < -0.3 is 0 Å². The van der Waals surface area contributed by atoms with Crippen LogP contribution in [0.1, 0.15) is 43.7 Å². The minimum absolute atomic E-state index is 0.199. The lowest BCUT2D eigenvalue weighted by atomic mass is 9.86. The number of benzene rings is 3. The first-order chi connectivity index (χ1) is 16.5. The van der Waals surface area contributed by atoms with Crippen LogP contribution in [-0.2, 0) is 6.42 Å². The Bertz CT molecular complexity index is 1230. The molecule has 0 aliphatic heterocycles. The largest absolute Gasteiger partial charge is 0.206 e. The number of rotatable bonds is 7. The minimum Gasteiger partial charge on any atom is -0.206 e. The molecule has 3 heteroatoms. The lowest BCUT2D eigenvalue weighted by Crippen LogP contribution is -2.02. The van der Waals surface area contributed by atoms with E-state index in [4.69, 9.17) is 0 Å². The molecule has 34 heavy (non-hydrogen) atoms. The molecule has 0 nitrogen and oxygen atoms in total. The van der Waals surface area contributed by atoms with Crippen LogP contribution in [0, 0.1) is 23.4 Å². The van der Waals surface area contributed by atoms with Crippen LogP contribution in [0.3, 0.4) is 0 Å². The third kappa shape index (κ3) is 5.09. The van der Waals surface area contributed by atoms with Crippen molar-refractivity contribution in [3.05, 3.63) is 114 Å². The predicted molar refractivity (Wildman–Crippen MR) is 136 cm³/mol. The number of halogens is 3. The summed E-state index contributed by atoms with van der Waals surface area (Å²) in [4.78, 5) is 0. The van der Waals surface area contributed by atoms with E-state index in [1.165, 1.54) is 5.57 Å². The van der Waals surface area contributed by atoms with E-state index in [0.717, 1.165) is 31.2 Å². The van der Waals surface area contributed by atoms with Crippen LogP contribution in [0.4, 0.5) is 13.2 Å². The number of hydrogen-bond acceptors (Lipinski definition) is 0. The van der Waals surface area contributed by atoms with Crippen molar-refractivity contribution in [3.8, 4) is 22.3 Å². The van der Waals surface area contributed by atoms with Gasteiger partial charge in [-0.05, 0) is 71.9 Å². The Morgan fingerprint density at radius 3 is 2.15 bits per heavy atom. The Morgan fingerprint density at radius 1 is 0.853 bits per heavy atom. The van der Waals surface area contributed by atoms with Crippen LogP contribution in [0.15, 0.2) is 85.5 Å². The van der Waals surface area contributed by atoms with Gasteiger partial charge in [-0.1, -0.05) is 79.8 Å². The molecule has 0 saturated heterocycles. The van der Waals surface area contributed by atoms with Crippen molar-refractivity contribution < 1.29 is 13.2 Å². The monoisotopic (exact) mass is 458 g/mol. The quantitative estimate of drug-likeness (QED) is 0.309. The fourth-order valence-corrected chi connectivity index (χ4v) is 4.46. The summed E-state index contributed by atoms with van der Waals surface area (Å²) in [5, 5.41) is 0. The molecule has 1 atom stereocenters. The van der Waals surface area contributed by atoms with Crippen LogP contribution in [-0.4, -0.2) is 0 Å². The summed E-state index contributed by atoms with van der Waals surface area (Å²) in [6, 6.07) is 15.5. The van der Waals surface area contributed by atoms with Crippen molar-refractivity contribution in [1.82, 2.24) is 0 Å². The van der Waals surface area contributed by atoms with E-state index in [9.17, 15) is 13.2 Å². The molecular formula is C31H29F3.